The lowest BCUT2D eigenvalue weighted by atomic mass is 10.0. The Labute approximate surface area is 144 Å². The van der Waals surface area contributed by atoms with E-state index in [-0.39, 0.29) is 6.61 Å². The molecule has 140 valence electrons. The molecule has 1 rings (SSSR count). The Morgan fingerprint density at radius 2 is 1.62 bits per heavy atom. The Hall–Kier alpha value is -0.963. The lowest BCUT2D eigenvalue weighted by Crippen LogP contribution is -2.56. The van der Waals surface area contributed by atoms with Crippen LogP contribution in [0.25, 0.3) is 0 Å². The molecule has 24 heavy (non-hydrogen) atoms. The van der Waals surface area contributed by atoms with E-state index in [1.807, 2.05) is 0 Å². The Morgan fingerprint density at radius 3 is 2.04 bits per heavy atom. The van der Waals surface area contributed by atoms with Crippen molar-refractivity contribution in [2.75, 3.05) is 6.61 Å². The molecule has 1 heterocycles. The molecule has 0 radical (unpaired) electrons. The molecule has 1 fully saturated rings. The van der Waals surface area contributed by atoms with Crippen molar-refractivity contribution < 1.29 is 33.7 Å². The summed E-state index contributed by atoms with van der Waals surface area (Å²) in [7, 11) is -2.20. The van der Waals surface area contributed by atoms with E-state index in [4.69, 9.17) is 9.16 Å². The van der Waals surface area contributed by atoms with Crippen LogP contribution in [0.2, 0.25) is 16.6 Å². The van der Waals surface area contributed by atoms with Crippen LogP contribution in [0.15, 0.2) is 0 Å². The summed E-state index contributed by atoms with van der Waals surface area (Å²) in [6.45, 7) is 12.6. The van der Waals surface area contributed by atoms with Crippen LogP contribution in [0.3, 0.4) is 0 Å². The molecule has 0 unspecified atom stereocenters. The molecule has 0 amide bonds. The number of carbonyl (C=O) groups is 2. The van der Waals surface area contributed by atoms with Gasteiger partial charge in [0.2, 0.25) is 0 Å². The Balaban J connectivity index is 2.87. The van der Waals surface area contributed by atoms with Crippen LogP contribution in [0, 0.1) is 0 Å². The Bertz CT molecular complexity index is 416. The second-order valence-electron chi connectivity index (χ2n) is 7.24. The molecule has 4 atom stereocenters. The van der Waals surface area contributed by atoms with Crippen LogP contribution in [-0.2, 0) is 18.7 Å². The number of carbonyl (C=O) groups excluding carboxylic acids is 2. The molecule has 0 bridgehead atoms. The first kappa shape index (κ1) is 21.1. The average molecular weight is 362 g/mol. The Morgan fingerprint density at radius 1 is 1.12 bits per heavy atom. The molecular formula is C16H30O7Si. The van der Waals surface area contributed by atoms with Crippen molar-refractivity contribution in [1.29, 1.82) is 0 Å². The van der Waals surface area contributed by atoms with Crippen LogP contribution >= 0.6 is 0 Å². The first-order chi connectivity index (χ1) is 11.1. The number of cyclic esters (lactones) is 2. The minimum Gasteiger partial charge on any atom is -0.425 e. The van der Waals surface area contributed by atoms with Crippen molar-refractivity contribution in [3.05, 3.63) is 0 Å². The van der Waals surface area contributed by atoms with Gasteiger partial charge in [0.05, 0.1) is 6.61 Å². The van der Waals surface area contributed by atoms with Gasteiger partial charge < -0.3 is 24.1 Å². The molecule has 8 heteroatoms. The number of aliphatic hydroxyl groups is 2. The zero-order valence-corrected chi connectivity index (χ0v) is 16.3. The van der Waals surface area contributed by atoms with E-state index >= 15 is 0 Å². The molecule has 0 aromatic carbocycles. The largest absolute Gasteiger partial charge is 0.509 e. The van der Waals surface area contributed by atoms with E-state index in [9.17, 15) is 19.8 Å². The van der Waals surface area contributed by atoms with Crippen LogP contribution in [0.5, 0.6) is 0 Å². The smallest absolute Gasteiger partial charge is 0.425 e. The summed E-state index contributed by atoms with van der Waals surface area (Å²) >= 11 is 0. The lowest BCUT2D eigenvalue weighted by Gasteiger charge is -2.43. The summed E-state index contributed by atoms with van der Waals surface area (Å²) in [5.41, 5.74) is 0.985. The molecule has 1 aliphatic rings. The summed E-state index contributed by atoms with van der Waals surface area (Å²) in [5.74, 6) is 0. The van der Waals surface area contributed by atoms with E-state index < -0.39 is 38.9 Å². The predicted molar refractivity (Wildman–Crippen MR) is 90.2 cm³/mol. The quantitative estimate of drug-likeness (QED) is 0.387. The molecule has 1 aliphatic heterocycles. The maximum Gasteiger partial charge on any atom is 0.509 e. The van der Waals surface area contributed by atoms with Gasteiger partial charge in [-0.15, -0.1) is 0 Å². The van der Waals surface area contributed by atoms with Gasteiger partial charge in [-0.05, 0) is 16.6 Å². The molecule has 0 aromatic rings. The van der Waals surface area contributed by atoms with Gasteiger partial charge in [-0.25, -0.2) is 4.79 Å². The molecule has 7 nitrogen and oxygen atoms in total. The second-order valence-corrected chi connectivity index (χ2v) is 12.7. The van der Waals surface area contributed by atoms with Crippen LogP contribution in [-0.4, -0.2) is 62.0 Å². The van der Waals surface area contributed by atoms with Crippen molar-refractivity contribution in [1.82, 2.24) is 0 Å². The molecule has 0 aromatic heterocycles. The summed E-state index contributed by atoms with van der Waals surface area (Å²) in [6, 6.07) is 0. The first-order valence-electron chi connectivity index (χ1n) is 8.40. The molecule has 0 aliphatic carbocycles. The van der Waals surface area contributed by atoms with Crippen molar-refractivity contribution in [2.45, 2.75) is 82.6 Å². The van der Waals surface area contributed by atoms with E-state index in [0.29, 0.717) is 22.9 Å². The zero-order valence-electron chi connectivity index (χ0n) is 15.3. The minimum atomic E-state index is -2.20. The number of aldehydes is 1. The number of hydrogen-bond acceptors (Lipinski definition) is 7. The highest BCUT2D eigenvalue weighted by Crippen LogP contribution is 2.42. The zero-order chi connectivity index (χ0) is 18.7. The fourth-order valence-electron chi connectivity index (χ4n) is 3.82. The molecule has 1 saturated heterocycles. The summed E-state index contributed by atoms with van der Waals surface area (Å²) < 4.78 is 15.7. The number of aliphatic hydroxyl groups excluding tert-OH is 2. The van der Waals surface area contributed by atoms with Gasteiger partial charge >= 0.3 is 6.16 Å². The van der Waals surface area contributed by atoms with Crippen LogP contribution in [0.1, 0.15) is 41.5 Å². The van der Waals surface area contributed by atoms with Crippen molar-refractivity contribution in [2.24, 2.45) is 0 Å². The van der Waals surface area contributed by atoms with Gasteiger partial charge in [-0.1, -0.05) is 41.5 Å². The molecule has 2 N–H and O–H groups in total. The highest BCUT2D eigenvalue weighted by atomic mass is 28.4. The maximum atomic E-state index is 11.4. The fraction of sp³-hybridized carbons (Fsp3) is 0.875. The minimum absolute atomic E-state index is 0.0681. The summed E-state index contributed by atoms with van der Waals surface area (Å²) in [4.78, 5) is 22.2. The molecular weight excluding hydrogens is 332 g/mol. The van der Waals surface area contributed by atoms with E-state index in [2.05, 4.69) is 46.3 Å². The van der Waals surface area contributed by atoms with E-state index in [1.54, 1.807) is 0 Å². The fourth-order valence-corrected chi connectivity index (χ4v) is 9.27. The van der Waals surface area contributed by atoms with E-state index in [1.165, 1.54) is 0 Å². The standard InChI is InChI=1S/C16H30O7Si/c1-9(2)24(10(3)4,11(5)6)21-8-12(18)15-14(19)13(7-17)22-16(20)23-15/h7,9-15,18-19H,8H2,1-6H3/t12-,13-,14-,15+/m1/s1. The normalized spacial score (nSPS) is 26.5. The predicted octanol–water partition coefficient (Wildman–Crippen LogP) is 2.00. The van der Waals surface area contributed by atoms with Crippen molar-refractivity contribution >= 4 is 20.8 Å². The Kier molecular flexibility index (Phi) is 7.39. The summed E-state index contributed by atoms with van der Waals surface area (Å²) in [6.07, 6.45) is -6.01. The van der Waals surface area contributed by atoms with Gasteiger partial charge in [-0.3, -0.25) is 4.79 Å². The van der Waals surface area contributed by atoms with Crippen molar-refractivity contribution in [3.8, 4) is 0 Å². The van der Waals surface area contributed by atoms with Crippen LogP contribution in [0.4, 0.5) is 4.79 Å². The first-order valence-corrected chi connectivity index (χ1v) is 10.5. The maximum absolute atomic E-state index is 11.4. The monoisotopic (exact) mass is 362 g/mol. The van der Waals surface area contributed by atoms with Gasteiger partial charge in [0.25, 0.3) is 0 Å². The topological polar surface area (TPSA) is 102 Å². The third-order valence-electron chi connectivity index (χ3n) is 4.86. The molecule has 0 saturated carbocycles. The lowest BCUT2D eigenvalue weighted by molar-refractivity contribution is -0.173. The van der Waals surface area contributed by atoms with E-state index in [0.717, 1.165) is 0 Å². The van der Waals surface area contributed by atoms with Gasteiger partial charge in [0, 0.05) is 0 Å². The third-order valence-corrected chi connectivity index (χ3v) is 10.9. The SMILES string of the molecule is CC(C)[Si](OC[C@@H](O)[C@@H]1OC(=O)O[C@H](C=O)[C@H]1O)(C(C)C)C(C)C. The van der Waals surface area contributed by atoms with Gasteiger partial charge in [-0.2, -0.15) is 0 Å². The van der Waals surface area contributed by atoms with Crippen molar-refractivity contribution in [3.63, 3.8) is 0 Å². The van der Waals surface area contributed by atoms with Gasteiger partial charge in [0.1, 0.15) is 12.2 Å². The highest BCUT2D eigenvalue weighted by molar-refractivity contribution is 6.77. The van der Waals surface area contributed by atoms with Gasteiger partial charge in [0.15, 0.2) is 26.8 Å². The number of ether oxygens (including phenoxy) is 2. The summed E-state index contributed by atoms with van der Waals surface area (Å²) in [5, 5.41) is 20.4. The third kappa shape index (κ3) is 4.16. The number of rotatable bonds is 8. The van der Waals surface area contributed by atoms with Crippen LogP contribution < -0.4 is 0 Å². The number of hydrogen-bond donors (Lipinski definition) is 2. The average Bonchev–Trinajstić information content (AvgIpc) is 2.48. The second kappa shape index (κ2) is 8.42. The highest BCUT2D eigenvalue weighted by Gasteiger charge is 2.47. The molecule has 0 spiro atoms.